The Balaban J connectivity index is 1.86. The Hall–Kier alpha value is -2.30. The summed E-state index contributed by atoms with van der Waals surface area (Å²) in [5, 5.41) is 0. The summed E-state index contributed by atoms with van der Waals surface area (Å²) >= 11 is 1.08. The molecule has 1 fully saturated rings. The van der Waals surface area contributed by atoms with Gasteiger partial charge in [0.15, 0.2) is 4.80 Å². The van der Waals surface area contributed by atoms with Crippen molar-refractivity contribution in [2.45, 2.75) is 51.0 Å². The average molecular weight is 466 g/mol. The van der Waals surface area contributed by atoms with Crippen molar-refractivity contribution in [2.24, 2.45) is 12.0 Å². The van der Waals surface area contributed by atoms with Gasteiger partial charge in [0.1, 0.15) is 4.88 Å². The Morgan fingerprint density at radius 3 is 2.52 bits per heavy atom. The van der Waals surface area contributed by atoms with Crippen molar-refractivity contribution in [3.05, 3.63) is 45.2 Å². The fourth-order valence-corrected chi connectivity index (χ4v) is 6.21. The molecule has 8 nitrogen and oxygen atoms in total. The first-order chi connectivity index (χ1) is 14.7. The fourth-order valence-electron chi connectivity index (χ4n) is 3.50. The average Bonchev–Trinajstić information content (AvgIpc) is 3.02. The van der Waals surface area contributed by atoms with Gasteiger partial charge < -0.3 is 9.30 Å². The second-order valence-corrected chi connectivity index (χ2v) is 10.3. The predicted molar refractivity (Wildman–Crippen MR) is 118 cm³/mol. The van der Waals surface area contributed by atoms with Gasteiger partial charge in [-0.2, -0.15) is 9.30 Å². The number of esters is 1. The van der Waals surface area contributed by atoms with Gasteiger partial charge in [-0.1, -0.05) is 17.8 Å². The lowest BCUT2D eigenvalue weighted by atomic mass is 10.1. The van der Waals surface area contributed by atoms with E-state index in [4.69, 9.17) is 4.74 Å². The summed E-state index contributed by atoms with van der Waals surface area (Å²) in [4.78, 5) is 29.8. The molecule has 10 heteroatoms. The van der Waals surface area contributed by atoms with Crippen LogP contribution in [0.15, 0.2) is 34.2 Å². The van der Waals surface area contributed by atoms with Crippen LogP contribution >= 0.6 is 11.3 Å². The third kappa shape index (κ3) is 4.81. The minimum Gasteiger partial charge on any atom is -0.462 e. The second kappa shape index (κ2) is 9.46. The Kier molecular flexibility index (Phi) is 7.13. The number of hydrogen-bond acceptors (Lipinski definition) is 6. The normalized spacial score (nSPS) is 18.2. The van der Waals surface area contributed by atoms with Crippen molar-refractivity contribution >= 4 is 33.2 Å². The molecule has 2 heterocycles. The molecule has 1 aliphatic heterocycles. The molecular weight excluding hydrogens is 438 g/mol. The summed E-state index contributed by atoms with van der Waals surface area (Å²) < 4.78 is 34.1. The lowest BCUT2D eigenvalue weighted by Gasteiger charge is -2.32. The first kappa shape index (κ1) is 23.4. The van der Waals surface area contributed by atoms with Crippen LogP contribution in [0.3, 0.4) is 0 Å². The van der Waals surface area contributed by atoms with Crippen LogP contribution in [-0.4, -0.2) is 48.4 Å². The van der Waals surface area contributed by atoms with Crippen LogP contribution < -0.4 is 4.80 Å². The highest BCUT2D eigenvalue weighted by atomic mass is 32.2. The molecule has 0 saturated carbocycles. The molecule has 1 aromatic carbocycles. The van der Waals surface area contributed by atoms with E-state index in [9.17, 15) is 18.0 Å². The maximum atomic E-state index is 12.9. The molecule has 1 aliphatic rings. The van der Waals surface area contributed by atoms with Crippen molar-refractivity contribution in [2.75, 3.05) is 13.2 Å². The van der Waals surface area contributed by atoms with Crippen molar-refractivity contribution in [1.29, 1.82) is 0 Å². The highest BCUT2D eigenvalue weighted by molar-refractivity contribution is 7.89. The van der Waals surface area contributed by atoms with Crippen LogP contribution in [-0.2, 0) is 21.8 Å². The molecule has 0 aliphatic carbocycles. The number of sulfonamides is 1. The van der Waals surface area contributed by atoms with E-state index in [1.54, 1.807) is 25.5 Å². The van der Waals surface area contributed by atoms with Gasteiger partial charge in [0.2, 0.25) is 10.0 Å². The Bertz CT molecular complexity index is 1150. The summed E-state index contributed by atoms with van der Waals surface area (Å²) in [5.41, 5.74) is 0.932. The zero-order valence-corrected chi connectivity index (χ0v) is 19.8. The lowest BCUT2D eigenvalue weighted by Crippen LogP contribution is -2.41. The zero-order chi connectivity index (χ0) is 22.8. The zero-order valence-electron chi connectivity index (χ0n) is 18.1. The van der Waals surface area contributed by atoms with E-state index >= 15 is 0 Å². The highest BCUT2D eigenvalue weighted by Crippen LogP contribution is 2.25. The molecule has 2 aromatic rings. The van der Waals surface area contributed by atoms with Crippen LogP contribution in [0.25, 0.3) is 0 Å². The van der Waals surface area contributed by atoms with E-state index < -0.39 is 21.9 Å². The lowest BCUT2D eigenvalue weighted by molar-refractivity contribution is 0.0530. The number of hydrogen-bond donors (Lipinski definition) is 0. The number of piperidine rings is 1. The molecule has 0 bridgehead atoms. The first-order valence-electron chi connectivity index (χ1n) is 10.2. The molecule has 1 amide bonds. The Labute approximate surface area is 186 Å². The maximum absolute atomic E-state index is 12.9. The summed E-state index contributed by atoms with van der Waals surface area (Å²) in [6, 6.07) is 5.80. The van der Waals surface area contributed by atoms with Gasteiger partial charge in [0, 0.05) is 30.9 Å². The van der Waals surface area contributed by atoms with Gasteiger partial charge in [0.05, 0.1) is 11.5 Å². The van der Waals surface area contributed by atoms with Crippen molar-refractivity contribution in [1.82, 2.24) is 8.87 Å². The van der Waals surface area contributed by atoms with E-state index in [-0.39, 0.29) is 23.1 Å². The minimum atomic E-state index is -3.60. The molecule has 1 saturated heterocycles. The van der Waals surface area contributed by atoms with Crippen molar-refractivity contribution < 1.29 is 22.7 Å². The Morgan fingerprint density at radius 2 is 1.90 bits per heavy atom. The maximum Gasteiger partial charge on any atom is 0.350 e. The second-order valence-electron chi connectivity index (χ2n) is 7.48. The fraction of sp³-hybridized carbons (Fsp3) is 0.476. The minimum absolute atomic E-state index is 0.0364. The van der Waals surface area contributed by atoms with Gasteiger partial charge in [-0.15, -0.1) is 0 Å². The third-order valence-corrected chi connectivity index (χ3v) is 8.66. The van der Waals surface area contributed by atoms with Gasteiger partial charge in [-0.3, -0.25) is 4.79 Å². The first-order valence-corrected chi connectivity index (χ1v) is 12.5. The largest absolute Gasteiger partial charge is 0.462 e. The molecule has 31 heavy (non-hydrogen) atoms. The SMILES string of the molecule is CCOC(=O)c1sc(=NC(=O)c2ccc(S(=O)(=O)N3CCCCC3C)cc2)n(C)c1C. The van der Waals surface area contributed by atoms with Gasteiger partial charge in [0.25, 0.3) is 5.91 Å². The smallest absolute Gasteiger partial charge is 0.350 e. The molecule has 1 atom stereocenters. The van der Waals surface area contributed by atoms with E-state index in [0.29, 0.717) is 21.9 Å². The molecule has 3 rings (SSSR count). The molecule has 0 N–H and O–H groups in total. The number of carbonyl (C=O) groups excluding carboxylic acids is 2. The molecule has 0 radical (unpaired) electrons. The monoisotopic (exact) mass is 465 g/mol. The molecule has 1 aromatic heterocycles. The van der Waals surface area contributed by atoms with Gasteiger partial charge >= 0.3 is 5.97 Å². The number of aromatic nitrogens is 1. The summed E-state index contributed by atoms with van der Waals surface area (Å²) in [5.74, 6) is -0.960. The van der Waals surface area contributed by atoms with Gasteiger partial charge in [-0.05, 0) is 57.9 Å². The van der Waals surface area contributed by atoms with Crippen LogP contribution in [0.4, 0.5) is 0 Å². The number of rotatable bonds is 5. The highest BCUT2D eigenvalue weighted by Gasteiger charge is 2.31. The summed E-state index contributed by atoms with van der Waals surface area (Å²) in [6.07, 6.45) is 2.73. The van der Waals surface area contributed by atoms with Crippen LogP contribution in [0.5, 0.6) is 0 Å². The van der Waals surface area contributed by atoms with Crippen LogP contribution in [0.1, 0.15) is 58.8 Å². The standard InChI is InChI=1S/C21H27N3O5S2/c1-5-29-20(26)18-15(3)23(4)21(30-18)22-19(25)16-9-11-17(12-10-16)31(27,28)24-13-7-6-8-14(24)2/h9-12,14H,5-8,13H2,1-4H3. The van der Waals surface area contributed by atoms with E-state index in [1.807, 2.05) is 6.92 Å². The number of benzene rings is 1. The molecule has 168 valence electrons. The number of carbonyl (C=O) groups is 2. The van der Waals surface area contributed by atoms with E-state index in [0.717, 1.165) is 30.6 Å². The summed E-state index contributed by atoms with van der Waals surface area (Å²) in [7, 11) is -1.88. The third-order valence-electron chi connectivity index (χ3n) is 5.42. The van der Waals surface area contributed by atoms with E-state index in [2.05, 4.69) is 4.99 Å². The van der Waals surface area contributed by atoms with Gasteiger partial charge in [-0.25, -0.2) is 13.2 Å². The van der Waals surface area contributed by atoms with Crippen LogP contribution in [0, 0.1) is 6.92 Å². The molecule has 0 spiro atoms. The predicted octanol–water partition coefficient (Wildman–Crippen LogP) is 2.88. The molecule has 1 unspecified atom stereocenters. The number of nitrogens with zero attached hydrogens (tertiary/aromatic N) is 3. The van der Waals surface area contributed by atoms with Crippen molar-refractivity contribution in [3.8, 4) is 0 Å². The molecular formula is C21H27N3O5S2. The summed E-state index contributed by atoms with van der Waals surface area (Å²) in [6.45, 7) is 6.17. The van der Waals surface area contributed by atoms with E-state index in [1.165, 1.54) is 28.6 Å². The van der Waals surface area contributed by atoms with Crippen LogP contribution in [0.2, 0.25) is 0 Å². The number of ether oxygens (including phenoxy) is 1. The Morgan fingerprint density at radius 1 is 1.23 bits per heavy atom. The van der Waals surface area contributed by atoms with Crippen molar-refractivity contribution in [3.63, 3.8) is 0 Å². The number of thiazole rings is 1. The quantitative estimate of drug-likeness (QED) is 0.633. The topological polar surface area (TPSA) is 98.0 Å². The number of amides is 1.